The number of rotatable bonds is 6. The lowest BCUT2D eigenvalue weighted by molar-refractivity contribution is -0.0175. The van der Waals surface area contributed by atoms with E-state index in [0.717, 1.165) is 46.9 Å². The highest BCUT2D eigenvalue weighted by Crippen LogP contribution is 2.32. The van der Waals surface area contributed by atoms with Crippen molar-refractivity contribution < 1.29 is 9.47 Å². The predicted molar refractivity (Wildman–Crippen MR) is 138 cm³/mol. The highest BCUT2D eigenvalue weighted by atomic mass is 16.5. The van der Waals surface area contributed by atoms with Crippen LogP contribution in [-0.2, 0) is 11.8 Å². The summed E-state index contributed by atoms with van der Waals surface area (Å²) in [5.74, 6) is 2.77. The summed E-state index contributed by atoms with van der Waals surface area (Å²) >= 11 is 0. The number of aromatic nitrogens is 6. The van der Waals surface area contributed by atoms with Crippen LogP contribution in [0.2, 0.25) is 0 Å². The van der Waals surface area contributed by atoms with Crippen LogP contribution < -0.4 is 15.0 Å². The maximum atomic E-state index is 6.15. The monoisotopic (exact) mass is 482 g/mol. The van der Waals surface area contributed by atoms with Crippen molar-refractivity contribution in [2.24, 2.45) is 7.05 Å². The van der Waals surface area contributed by atoms with E-state index in [1.54, 1.807) is 19.6 Å². The van der Waals surface area contributed by atoms with Gasteiger partial charge in [-0.15, -0.1) is 0 Å². The van der Waals surface area contributed by atoms with Crippen LogP contribution in [0.1, 0.15) is 12.5 Å². The first kappa shape index (κ1) is 22.2. The zero-order valence-corrected chi connectivity index (χ0v) is 20.6. The molecule has 1 aliphatic heterocycles. The lowest BCUT2D eigenvalue weighted by Gasteiger charge is -2.46. The molecule has 3 aromatic heterocycles. The minimum Gasteiger partial charge on any atom is -0.457 e. The Morgan fingerprint density at radius 3 is 2.67 bits per heavy atom. The number of anilines is 3. The molecule has 10 heteroatoms. The molecule has 6 rings (SSSR count). The van der Waals surface area contributed by atoms with Crippen molar-refractivity contribution in [3.8, 4) is 11.5 Å². The van der Waals surface area contributed by atoms with Gasteiger partial charge in [0.1, 0.15) is 34.5 Å². The zero-order chi connectivity index (χ0) is 24.9. The fourth-order valence-electron chi connectivity index (χ4n) is 4.41. The fraction of sp³-hybridized carbons (Fsp3) is 0.269. The molecule has 0 spiro atoms. The molecule has 1 fully saturated rings. The molecule has 4 heterocycles. The van der Waals surface area contributed by atoms with Gasteiger partial charge < -0.3 is 24.3 Å². The normalized spacial score (nSPS) is 14.7. The minimum absolute atomic E-state index is 0.169. The van der Waals surface area contributed by atoms with Crippen molar-refractivity contribution in [1.29, 1.82) is 0 Å². The quantitative estimate of drug-likeness (QED) is 0.378. The average Bonchev–Trinajstić information content (AvgIpc) is 3.23. The number of nitrogens with zero attached hydrogens (tertiary/aromatic N) is 7. The maximum Gasteiger partial charge on any atom is 0.226 e. The van der Waals surface area contributed by atoms with E-state index >= 15 is 0 Å². The number of ether oxygens (including phenoxy) is 2. The van der Waals surface area contributed by atoms with Gasteiger partial charge in [-0.25, -0.2) is 24.9 Å². The second-order valence-corrected chi connectivity index (χ2v) is 9.35. The Balaban J connectivity index is 1.23. The van der Waals surface area contributed by atoms with Gasteiger partial charge in [0.2, 0.25) is 5.95 Å². The first-order chi connectivity index (χ1) is 17.4. The van der Waals surface area contributed by atoms with Gasteiger partial charge in [-0.3, -0.25) is 0 Å². The summed E-state index contributed by atoms with van der Waals surface area (Å²) in [6.07, 6.45) is 5.04. The fourth-order valence-corrected chi connectivity index (χ4v) is 4.41. The molecule has 0 radical (unpaired) electrons. The summed E-state index contributed by atoms with van der Waals surface area (Å²) in [6, 6.07) is 11.8. The first-order valence-electron chi connectivity index (χ1n) is 11.7. The third kappa shape index (κ3) is 3.95. The topological polar surface area (TPSA) is 103 Å². The summed E-state index contributed by atoms with van der Waals surface area (Å²) < 4.78 is 13.7. The summed E-state index contributed by atoms with van der Waals surface area (Å²) in [5, 5.41) is 3.38. The molecule has 0 saturated carbocycles. The van der Waals surface area contributed by atoms with E-state index in [9.17, 15) is 0 Å². The van der Waals surface area contributed by atoms with E-state index < -0.39 is 0 Å². The molecule has 0 amide bonds. The molecular weight excluding hydrogens is 456 g/mol. The van der Waals surface area contributed by atoms with Crippen LogP contribution in [0.25, 0.3) is 22.1 Å². The lowest BCUT2D eigenvalue weighted by atomic mass is 9.97. The molecule has 0 bridgehead atoms. The maximum absolute atomic E-state index is 6.15. The van der Waals surface area contributed by atoms with Crippen molar-refractivity contribution in [2.75, 3.05) is 30.4 Å². The van der Waals surface area contributed by atoms with Gasteiger partial charge >= 0.3 is 0 Å². The number of methoxy groups -OCH3 is 1. The molecule has 0 aliphatic carbocycles. The number of hydrogen-bond donors (Lipinski definition) is 1. The Morgan fingerprint density at radius 1 is 1.00 bits per heavy atom. The molecular formula is C26H26N8O2. The number of aryl methyl sites for hydroxylation is 2. The molecule has 5 aromatic rings. The Labute approximate surface area is 208 Å². The van der Waals surface area contributed by atoms with Crippen LogP contribution in [0, 0.1) is 6.92 Å². The number of fused-ring (bicyclic) bond motifs is 2. The number of benzene rings is 2. The van der Waals surface area contributed by atoms with Crippen molar-refractivity contribution in [3.63, 3.8) is 0 Å². The molecule has 182 valence electrons. The van der Waals surface area contributed by atoms with Gasteiger partial charge in [0.15, 0.2) is 5.82 Å². The largest absolute Gasteiger partial charge is 0.457 e. The molecule has 0 atom stereocenters. The number of hydrogen-bond acceptors (Lipinski definition) is 9. The zero-order valence-electron chi connectivity index (χ0n) is 20.6. The second kappa shape index (κ2) is 8.42. The highest BCUT2D eigenvalue weighted by molar-refractivity contribution is 5.87. The molecule has 2 aromatic carbocycles. The third-order valence-electron chi connectivity index (χ3n) is 6.55. The van der Waals surface area contributed by atoms with Gasteiger partial charge in [-0.2, -0.15) is 0 Å². The summed E-state index contributed by atoms with van der Waals surface area (Å²) in [7, 11) is 3.70. The van der Waals surface area contributed by atoms with Crippen LogP contribution in [0.4, 0.5) is 17.5 Å². The van der Waals surface area contributed by atoms with Crippen molar-refractivity contribution in [3.05, 3.63) is 60.8 Å². The summed E-state index contributed by atoms with van der Waals surface area (Å²) in [5.41, 5.74) is 4.97. The lowest BCUT2D eigenvalue weighted by Crippen LogP contribution is -2.61. The van der Waals surface area contributed by atoms with Crippen molar-refractivity contribution in [2.45, 2.75) is 19.4 Å². The van der Waals surface area contributed by atoms with E-state index in [0.29, 0.717) is 22.8 Å². The van der Waals surface area contributed by atoms with Gasteiger partial charge in [0.05, 0.1) is 36.6 Å². The van der Waals surface area contributed by atoms with Crippen LogP contribution in [0.15, 0.2) is 55.2 Å². The van der Waals surface area contributed by atoms with E-state index in [1.807, 2.05) is 54.9 Å². The molecule has 1 aliphatic rings. The van der Waals surface area contributed by atoms with E-state index in [1.165, 1.54) is 6.33 Å². The van der Waals surface area contributed by atoms with Crippen LogP contribution in [0.5, 0.6) is 11.5 Å². The summed E-state index contributed by atoms with van der Waals surface area (Å²) in [6.45, 7) is 5.56. The van der Waals surface area contributed by atoms with Crippen LogP contribution in [0.3, 0.4) is 0 Å². The number of nitrogens with one attached hydrogen (secondary N) is 1. The smallest absolute Gasteiger partial charge is 0.226 e. The standard InChI is InChI=1S/C26H26N8O2/c1-16-9-17(5-8-22(16)36-18-6-7-21-19(10-18)30-15-33(21)3)31-24-23-20(28-14-29-24)11-27-25(32-23)34-12-26(2,13-34)35-4/h5-11,14-15H,12-13H2,1-4H3,(H,28,29,31). The highest BCUT2D eigenvalue weighted by Gasteiger charge is 2.40. The van der Waals surface area contributed by atoms with Crippen LogP contribution >= 0.6 is 0 Å². The van der Waals surface area contributed by atoms with Crippen molar-refractivity contribution in [1.82, 2.24) is 29.5 Å². The number of imidazole rings is 1. The first-order valence-corrected chi connectivity index (χ1v) is 11.7. The van der Waals surface area contributed by atoms with E-state index in [2.05, 4.69) is 37.1 Å². The second-order valence-electron chi connectivity index (χ2n) is 9.35. The van der Waals surface area contributed by atoms with E-state index in [4.69, 9.17) is 14.5 Å². The third-order valence-corrected chi connectivity index (χ3v) is 6.55. The Hall–Kier alpha value is -4.31. The van der Waals surface area contributed by atoms with Gasteiger partial charge in [0, 0.05) is 25.9 Å². The molecule has 10 nitrogen and oxygen atoms in total. The van der Waals surface area contributed by atoms with E-state index in [-0.39, 0.29) is 5.60 Å². The Kier molecular flexibility index (Phi) is 5.18. The summed E-state index contributed by atoms with van der Waals surface area (Å²) in [4.78, 5) is 24.5. The molecule has 36 heavy (non-hydrogen) atoms. The molecule has 1 N–H and O–H groups in total. The minimum atomic E-state index is -0.169. The molecule has 0 unspecified atom stereocenters. The molecule has 1 saturated heterocycles. The van der Waals surface area contributed by atoms with Gasteiger partial charge in [-0.1, -0.05) is 0 Å². The van der Waals surface area contributed by atoms with Crippen LogP contribution in [-0.4, -0.2) is 55.3 Å². The predicted octanol–water partition coefficient (Wildman–Crippen LogP) is 4.38. The Morgan fingerprint density at radius 2 is 1.86 bits per heavy atom. The van der Waals surface area contributed by atoms with Crippen molar-refractivity contribution >= 4 is 39.5 Å². The SMILES string of the molecule is COC1(C)CN(c2ncc3ncnc(Nc4ccc(Oc5ccc6c(c5)ncn6C)c(C)c4)c3n2)C1. The van der Waals surface area contributed by atoms with Gasteiger partial charge in [-0.05, 0) is 49.7 Å². The average molecular weight is 483 g/mol. The Bertz CT molecular complexity index is 1590. The van der Waals surface area contributed by atoms with Gasteiger partial charge in [0.25, 0.3) is 0 Å².